The topological polar surface area (TPSA) is 115 Å². The van der Waals surface area contributed by atoms with Gasteiger partial charge in [0, 0.05) is 23.5 Å². The van der Waals surface area contributed by atoms with Crippen LogP contribution in [0.15, 0.2) is 66.9 Å². The number of piperazine rings is 1. The number of hydrogen-bond donors (Lipinski definition) is 0. The Morgan fingerprint density at radius 2 is 1.86 bits per heavy atom. The lowest BCUT2D eigenvalue weighted by Crippen LogP contribution is -2.55. The van der Waals surface area contributed by atoms with Gasteiger partial charge in [0.15, 0.2) is 0 Å². The van der Waals surface area contributed by atoms with Crippen molar-refractivity contribution in [2.45, 2.75) is 57.3 Å². The first kappa shape index (κ1) is 25.9. The van der Waals surface area contributed by atoms with Gasteiger partial charge >= 0.3 is 6.03 Å². The van der Waals surface area contributed by atoms with Crippen LogP contribution < -0.4 is 4.90 Å². The summed E-state index contributed by atoms with van der Waals surface area (Å²) in [7, 11) is 0. The summed E-state index contributed by atoms with van der Waals surface area (Å²) in [5, 5.41) is 14.9. The molecular weight excluding hydrogens is 530 g/mol. The minimum Gasteiger partial charge on any atom is -0.330 e. The van der Waals surface area contributed by atoms with E-state index in [1.807, 2.05) is 36.4 Å². The number of hydrogen-bond acceptors (Lipinski definition) is 6. The number of imide groups is 1. The smallest absolute Gasteiger partial charge is 0.330 e. The van der Waals surface area contributed by atoms with Crippen LogP contribution >= 0.6 is 0 Å². The second-order valence-corrected chi connectivity index (χ2v) is 12.2. The summed E-state index contributed by atoms with van der Waals surface area (Å²) in [6, 6.07) is 18.7. The zero-order valence-corrected chi connectivity index (χ0v) is 23.6. The molecule has 3 aliphatic heterocycles. The van der Waals surface area contributed by atoms with E-state index in [4.69, 9.17) is 5.10 Å². The third kappa shape index (κ3) is 3.80. The van der Waals surface area contributed by atoms with Gasteiger partial charge in [-0.3, -0.25) is 19.3 Å². The number of rotatable bonds is 4. The molecule has 10 heteroatoms. The van der Waals surface area contributed by atoms with Gasteiger partial charge in [0.2, 0.25) is 0 Å². The molecular formula is C32H29N7O3. The molecule has 0 spiro atoms. The minimum atomic E-state index is -0.768. The predicted octanol–water partition coefficient (Wildman–Crippen LogP) is 4.08. The lowest BCUT2D eigenvalue weighted by atomic mass is 9.92. The first-order valence-corrected chi connectivity index (χ1v) is 14.0. The number of aromatic nitrogens is 3. The average molecular weight is 560 g/mol. The maximum Gasteiger partial charge on any atom is 0.332 e. The summed E-state index contributed by atoms with van der Waals surface area (Å²) in [5.74, 6) is -0.555. The van der Waals surface area contributed by atoms with E-state index in [1.54, 1.807) is 44.9 Å². The Morgan fingerprint density at radius 1 is 1.07 bits per heavy atom. The summed E-state index contributed by atoms with van der Waals surface area (Å²) >= 11 is 0. The van der Waals surface area contributed by atoms with Crippen LogP contribution in [0.4, 0.5) is 10.5 Å². The number of pyridine rings is 1. The van der Waals surface area contributed by atoms with E-state index < -0.39 is 18.1 Å². The fourth-order valence-electron chi connectivity index (χ4n) is 6.53. The molecule has 2 aromatic heterocycles. The first-order chi connectivity index (χ1) is 20.2. The van der Waals surface area contributed by atoms with Crippen molar-refractivity contribution in [2.75, 3.05) is 11.4 Å². The highest BCUT2D eigenvalue weighted by molar-refractivity contribution is 6.25. The molecule has 7 rings (SSSR count). The fourth-order valence-corrected chi connectivity index (χ4v) is 6.53. The first-order valence-electron chi connectivity index (χ1n) is 14.0. The molecule has 4 amide bonds. The maximum absolute atomic E-state index is 14.2. The Labute approximate surface area is 242 Å². The number of benzene rings is 2. The quantitative estimate of drug-likeness (QED) is 0.348. The van der Waals surface area contributed by atoms with Crippen LogP contribution in [0, 0.1) is 11.3 Å². The van der Waals surface area contributed by atoms with Gasteiger partial charge in [0.05, 0.1) is 41.1 Å². The molecule has 0 N–H and O–H groups in total. The van der Waals surface area contributed by atoms with Crippen LogP contribution in [0.2, 0.25) is 0 Å². The van der Waals surface area contributed by atoms with Gasteiger partial charge in [-0.05, 0) is 42.3 Å². The zero-order chi connectivity index (χ0) is 29.3. The summed E-state index contributed by atoms with van der Waals surface area (Å²) in [6.45, 7) is 6.98. The Kier molecular flexibility index (Phi) is 5.70. The van der Waals surface area contributed by atoms with Crippen molar-refractivity contribution in [3.63, 3.8) is 0 Å². The Morgan fingerprint density at radius 3 is 2.60 bits per heavy atom. The lowest BCUT2D eigenvalue weighted by Gasteiger charge is -2.34. The van der Waals surface area contributed by atoms with E-state index in [9.17, 15) is 19.6 Å². The molecule has 3 fully saturated rings. The van der Waals surface area contributed by atoms with Gasteiger partial charge in [-0.15, -0.1) is 0 Å². The zero-order valence-electron chi connectivity index (χ0n) is 23.6. The third-order valence-electron chi connectivity index (χ3n) is 8.58. The van der Waals surface area contributed by atoms with Crippen molar-refractivity contribution in [1.29, 1.82) is 5.26 Å². The van der Waals surface area contributed by atoms with E-state index >= 15 is 0 Å². The summed E-state index contributed by atoms with van der Waals surface area (Å²) in [6.07, 6.45) is 2.13. The number of nitriles is 1. The van der Waals surface area contributed by atoms with Crippen molar-refractivity contribution >= 4 is 34.4 Å². The molecule has 3 aliphatic rings. The molecule has 210 valence electrons. The van der Waals surface area contributed by atoms with Crippen LogP contribution in [0.5, 0.6) is 0 Å². The van der Waals surface area contributed by atoms with Crippen molar-refractivity contribution < 1.29 is 14.4 Å². The summed E-state index contributed by atoms with van der Waals surface area (Å²) < 4.78 is 1.76. The largest absolute Gasteiger partial charge is 0.332 e. The standard InChI is InChI=1S/C32H29N7O3/c1-32(2,3)26-15-25(37(35-26)17-19-8-5-4-6-9-19)29(40)36-18-21-14-24(36)28-30(41)39(31(42)38(21)28)23-12-11-20(16-33)27-22(23)10-7-13-34-27/h4-13,15,21,24,28H,14,17-18H2,1-3H3/t21-,24?,28-/m1/s1. The van der Waals surface area contributed by atoms with E-state index in [-0.39, 0.29) is 23.3 Å². The van der Waals surface area contributed by atoms with E-state index in [0.29, 0.717) is 47.4 Å². The number of likely N-dealkylation sites (tertiary alicyclic amines) is 1. The highest BCUT2D eigenvalue weighted by atomic mass is 16.2. The number of urea groups is 1. The van der Waals surface area contributed by atoms with Crippen LogP contribution in [0.25, 0.3) is 10.9 Å². The van der Waals surface area contributed by atoms with Crippen molar-refractivity contribution in [2.24, 2.45) is 0 Å². The molecule has 10 nitrogen and oxygen atoms in total. The van der Waals surface area contributed by atoms with Crippen LogP contribution in [0.1, 0.15) is 54.5 Å². The van der Waals surface area contributed by atoms with E-state index in [0.717, 1.165) is 11.3 Å². The van der Waals surface area contributed by atoms with Crippen LogP contribution in [0.3, 0.4) is 0 Å². The Bertz CT molecular complexity index is 1820. The van der Waals surface area contributed by atoms with Gasteiger partial charge in [-0.2, -0.15) is 10.4 Å². The maximum atomic E-state index is 14.2. The second-order valence-electron chi connectivity index (χ2n) is 12.2. The molecule has 0 aliphatic carbocycles. The van der Waals surface area contributed by atoms with Crippen LogP contribution in [-0.2, 0) is 16.8 Å². The average Bonchev–Trinajstić information content (AvgIpc) is 3.75. The van der Waals surface area contributed by atoms with Crippen LogP contribution in [-0.4, -0.2) is 67.1 Å². The number of anilines is 1. The SMILES string of the molecule is CC(C)(C)c1cc(C(=O)N2C[C@H]3CC2[C@@H]2C(=O)N(c4ccc(C#N)c5ncccc45)C(=O)N32)n(Cc2ccccc2)n1. The van der Waals surface area contributed by atoms with Crippen molar-refractivity contribution in [3.8, 4) is 6.07 Å². The van der Waals surface area contributed by atoms with E-state index in [2.05, 4.69) is 31.8 Å². The molecule has 2 aromatic carbocycles. The van der Waals surface area contributed by atoms with Crippen molar-refractivity contribution in [3.05, 3.63) is 89.4 Å². The minimum absolute atomic E-state index is 0.187. The lowest BCUT2D eigenvalue weighted by molar-refractivity contribution is -0.121. The number of carbonyl (C=O) groups is 3. The molecule has 5 heterocycles. The second kappa shape index (κ2) is 9.24. The van der Waals surface area contributed by atoms with Gasteiger partial charge in [0.25, 0.3) is 11.8 Å². The highest BCUT2D eigenvalue weighted by Gasteiger charge is 2.63. The number of amides is 4. The number of nitrogens with zero attached hydrogens (tertiary/aromatic N) is 7. The number of fused-ring (bicyclic) bond motifs is 6. The Balaban J connectivity index is 1.22. The summed E-state index contributed by atoms with van der Waals surface area (Å²) in [5.41, 5.74) is 3.26. The van der Waals surface area contributed by atoms with Gasteiger partial charge in [0.1, 0.15) is 17.8 Å². The third-order valence-corrected chi connectivity index (χ3v) is 8.58. The molecule has 0 saturated carbocycles. The fraction of sp³-hybridized carbons (Fsp3) is 0.312. The predicted molar refractivity (Wildman–Crippen MR) is 155 cm³/mol. The molecule has 0 radical (unpaired) electrons. The van der Waals surface area contributed by atoms with Gasteiger partial charge in [-0.1, -0.05) is 51.1 Å². The normalized spacial score (nSPS) is 21.4. The summed E-state index contributed by atoms with van der Waals surface area (Å²) in [4.78, 5) is 50.8. The molecule has 2 bridgehead atoms. The van der Waals surface area contributed by atoms with Crippen molar-refractivity contribution in [1.82, 2.24) is 24.6 Å². The molecule has 1 unspecified atom stereocenters. The molecule has 4 aromatic rings. The molecule has 3 atom stereocenters. The molecule has 3 saturated heterocycles. The number of carbonyl (C=O) groups excluding carboxylic acids is 3. The monoisotopic (exact) mass is 559 g/mol. The van der Waals surface area contributed by atoms with Gasteiger partial charge in [-0.25, -0.2) is 9.69 Å². The highest BCUT2D eigenvalue weighted by Crippen LogP contribution is 2.44. The Hall–Kier alpha value is -5.04. The van der Waals surface area contributed by atoms with Gasteiger partial charge < -0.3 is 9.80 Å². The molecule has 42 heavy (non-hydrogen) atoms. The van der Waals surface area contributed by atoms with E-state index in [1.165, 1.54) is 4.90 Å².